The molecule has 1 aliphatic rings. The minimum absolute atomic E-state index is 0.0787. The van der Waals surface area contributed by atoms with Gasteiger partial charge in [-0.1, -0.05) is 24.3 Å². The number of hydrogen-bond donors (Lipinski definition) is 0. The molecule has 0 aliphatic carbocycles. The molecule has 0 amide bonds. The number of rotatable bonds is 3. The minimum Gasteiger partial charge on any atom is -0.376 e. The zero-order valence-electron chi connectivity index (χ0n) is 14.0. The molecule has 1 aliphatic heterocycles. The van der Waals surface area contributed by atoms with Gasteiger partial charge in [-0.25, -0.2) is 8.78 Å². The van der Waals surface area contributed by atoms with Gasteiger partial charge in [0.2, 0.25) is 0 Å². The Balaban J connectivity index is 0.000000200. The molecule has 0 fully saturated rings. The molecule has 0 saturated heterocycles. The fourth-order valence-corrected chi connectivity index (χ4v) is 2.90. The molecule has 1 unspecified atom stereocenters. The van der Waals surface area contributed by atoms with Gasteiger partial charge in [0.1, 0.15) is 17.4 Å². The van der Waals surface area contributed by atoms with Gasteiger partial charge in [-0.2, -0.15) is 21.6 Å². The molecule has 3 rings (SSSR count). The van der Waals surface area contributed by atoms with Crippen LogP contribution in [0.2, 0.25) is 0 Å². The fourth-order valence-electron chi connectivity index (χ4n) is 2.16. The van der Waals surface area contributed by atoms with E-state index >= 15 is 0 Å². The lowest BCUT2D eigenvalue weighted by Crippen LogP contribution is -2.27. The maximum absolute atomic E-state index is 13.3. The predicted octanol–water partition coefficient (Wildman–Crippen LogP) is 4.68. The van der Waals surface area contributed by atoms with Crippen LogP contribution in [0.4, 0.5) is 22.0 Å². The van der Waals surface area contributed by atoms with Gasteiger partial charge in [0.05, 0.1) is 16.7 Å². The van der Waals surface area contributed by atoms with Crippen molar-refractivity contribution in [2.45, 2.75) is 17.3 Å². The minimum atomic E-state index is -5.55. The molecule has 2 aromatic rings. The lowest BCUT2D eigenvalue weighted by Gasteiger charge is -2.08. The first kappa shape index (κ1) is 22.1. The molecule has 0 aromatic heterocycles. The van der Waals surface area contributed by atoms with Crippen molar-refractivity contribution < 1.29 is 34.6 Å². The molecule has 0 spiro atoms. The van der Waals surface area contributed by atoms with Crippen LogP contribution in [-0.4, -0.2) is 31.6 Å². The van der Waals surface area contributed by atoms with Crippen molar-refractivity contribution >= 4 is 27.4 Å². The Bertz CT molecular complexity index is 929. The number of hydrogen-bond acceptors (Lipinski definition) is 4. The van der Waals surface area contributed by atoms with Crippen LogP contribution in [0.5, 0.6) is 5.75 Å². The predicted molar refractivity (Wildman–Crippen MR) is 94.1 cm³/mol. The van der Waals surface area contributed by atoms with E-state index in [-0.39, 0.29) is 16.7 Å². The van der Waals surface area contributed by atoms with Crippen LogP contribution in [-0.2, 0) is 10.1 Å². The third-order valence-electron chi connectivity index (χ3n) is 3.41. The van der Waals surface area contributed by atoms with Gasteiger partial charge >= 0.3 is 15.6 Å². The Kier molecular flexibility index (Phi) is 7.00. The molecule has 0 bridgehead atoms. The summed E-state index contributed by atoms with van der Waals surface area (Å²) in [7, 11) is -5.55. The van der Waals surface area contributed by atoms with Crippen LogP contribution in [0, 0.1) is 11.6 Å². The van der Waals surface area contributed by atoms with Crippen LogP contribution in [0.25, 0.3) is 0 Å². The van der Waals surface area contributed by atoms with Crippen molar-refractivity contribution in [2.75, 3.05) is 6.54 Å². The summed E-state index contributed by atoms with van der Waals surface area (Å²) in [6.07, 6.45) is 0.644. The van der Waals surface area contributed by atoms with Crippen LogP contribution < -0.4 is 4.18 Å². The van der Waals surface area contributed by atoms with E-state index in [1.165, 1.54) is 36.4 Å². The number of nitrogens with zero attached hydrogens (tertiary/aromatic N) is 1. The van der Waals surface area contributed by atoms with Crippen LogP contribution in [0.15, 0.2) is 53.5 Å². The first-order valence-electron chi connectivity index (χ1n) is 7.71. The SMILES string of the molecule is Fc1cccc(F)c1C1=NCCC1Cl.O=S(=O)(Oc1ccccc1)C(F)(F)F. The first-order chi connectivity index (χ1) is 13.0. The van der Waals surface area contributed by atoms with Gasteiger partial charge < -0.3 is 4.18 Å². The third-order valence-corrected chi connectivity index (χ3v) is 4.82. The van der Waals surface area contributed by atoms with Crippen molar-refractivity contribution in [3.05, 3.63) is 65.7 Å². The van der Waals surface area contributed by atoms with Gasteiger partial charge in [-0.05, 0) is 30.7 Å². The van der Waals surface area contributed by atoms with Crippen molar-refractivity contribution in [3.8, 4) is 5.75 Å². The fraction of sp³-hybridized carbons (Fsp3) is 0.235. The van der Waals surface area contributed by atoms with Gasteiger partial charge in [-0.15, -0.1) is 11.6 Å². The summed E-state index contributed by atoms with van der Waals surface area (Å²) in [6.45, 7) is 0.539. The summed E-state index contributed by atoms with van der Waals surface area (Å²) in [5.41, 5.74) is -5.14. The maximum Gasteiger partial charge on any atom is 0.534 e. The molecule has 1 heterocycles. The molecule has 11 heteroatoms. The van der Waals surface area contributed by atoms with E-state index in [0.29, 0.717) is 18.7 Å². The van der Waals surface area contributed by atoms with Crippen molar-refractivity contribution in [3.63, 3.8) is 0 Å². The van der Waals surface area contributed by atoms with Crippen molar-refractivity contribution in [1.82, 2.24) is 0 Å². The standard InChI is InChI=1S/C10H8ClF2N.C7H5F3O3S/c11-6-4-5-14-10(6)9-7(12)2-1-3-8(9)13;8-7(9,10)14(11,12)13-6-4-2-1-3-5-6/h1-3,6H,4-5H2;1-5H. The molecule has 0 saturated carbocycles. The Morgan fingerprint density at radius 1 is 1.00 bits per heavy atom. The summed E-state index contributed by atoms with van der Waals surface area (Å²) in [5.74, 6) is -1.57. The number of halogens is 6. The summed E-state index contributed by atoms with van der Waals surface area (Å²) >= 11 is 5.89. The molecular weight excluding hydrogens is 429 g/mol. The molecule has 0 N–H and O–H groups in total. The smallest absolute Gasteiger partial charge is 0.376 e. The molecule has 1 atom stereocenters. The summed E-state index contributed by atoms with van der Waals surface area (Å²) in [5, 5.41) is -0.374. The quantitative estimate of drug-likeness (QED) is 0.301. The largest absolute Gasteiger partial charge is 0.534 e. The highest BCUT2D eigenvalue weighted by molar-refractivity contribution is 7.88. The molecule has 0 radical (unpaired) electrons. The summed E-state index contributed by atoms with van der Waals surface area (Å²) in [6, 6.07) is 10.2. The molecule has 4 nitrogen and oxygen atoms in total. The molecule has 28 heavy (non-hydrogen) atoms. The van der Waals surface area contributed by atoms with Crippen molar-refractivity contribution in [2.24, 2.45) is 4.99 Å². The third kappa shape index (κ3) is 5.41. The Hall–Kier alpha value is -2.20. The van der Waals surface area contributed by atoms with E-state index in [1.54, 1.807) is 0 Å². The van der Waals surface area contributed by atoms with Gasteiger partial charge in [-0.3, -0.25) is 4.99 Å². The lowest BCUT2D eigenvalue weighted by molar-refractivity contribution is -0.0500. The van der Waals surface area contributed by atoms with E-state index < -0.39 is 27.3 Å². The van der Waals surface area contributed by atoms with E-state index in [0.717, 1.165) is 12.1 Å². The highest BCUT2D eigenvalue weighted by Gasteiger charge is 2.48. The maximum atomic E-state index is 13.3. The normalized spacial score (nSPS) is 16.8. The van der Waals surface area contributed by atoms with Gasteiger partial charge in [0.15, 0.2) is 0 Å². The van der Waals surface area contributed by atoms with E-state index in [2.05, 4.69) is 9.18 Å². The van der Waals surface area contributed by atoms with Crippen molar-refractivity contribution in [1.29, 1.82) is 0 Å². The summed E-state index contributed by atoms with van der Waals surface area (Å²) < 4.78 is 86.8. The number of benzene rings is 2. The van der Waals surface area contributed by atoms with E-state index in [1.807, 2.05) is 0 Å². The lowest BCUT2D eigenvalue weighted by atomic mass is 10.1. The van der Waals surface area contributed by atoms with E-state index in [9.17, 15) is 30.4 Å². The monoisotopic (exact) mass is 441 g/mol. The topological polar surface area (TPSA) is 55.7 Å². The Labute approximate surface area is 162 Å². The first-order valence-corrected chi connectivity index (χ1v) is 9.56. The molecule has 2 aromatic carbocycles. The Morgan fingerprint density at radius 3 is 2.04 bits per heavy atom. The molecule has 152 valence electrons. The second-order valence-corrected chi connectivity index (χ2v) is 7.48. The van der Waals surface area contributed by atoms with Crippen LogP contribution in [0.1, 0.15) is 12.0 Å². The van der Waals surface area contributed by atoms with Gasteiger partial charge in [0.25, 0.3) is 0 Å². The molecular formula is C17H13ClF5NO3S. The zero-order chi connectivity index (χ0) is 20.9. The Morgan fingerprint density at radius 2 is 1.57 bits per heavy atom. The van der Waals surface area contributed by atoms with Gasteiger partial charge in [0, 0.05) is 6.54 Å². The second-order valence-electron chi connectivity index (χ2n) is 5.42. The van der Waals surface area contributed by atoms with E-state index in [4.69, 9.17) is 11.6 Å². The number of alkyl halides is 4. The number of aliphatic imine (C=N–C) groups is 1. The average molecular weight is 442 g/mol. The number of para-hydroxylation sites is 1. The van der Waals surface area contributed by atoms with Crippen LogP contribution in [0.3, 0.4) is 0 Å². The zero-order valence-corrected chi connectivity index (χ0v) is 15.5. The average Bonchev–Trinajstić information content (AvgIpc) is 3.01. The second kappa shape index (κ2) is 8.87. The highest BCUT2D eigenvalue weighted by atomic mass is 35.5. The van der Waals surface area contributed by atoms with Crippen LogP contribution >= 0.6 is 11.6 Å². The summed E-state index contributed by atoms with van der Waals surface area (Å²) in [4.78, 5) is 4.01. The highest BCUT2D eigenvalue weighted by Crippen LogP contribution is 2.26.